The van der Waals surface area contributed by atoms with Crippen molar-refractivity contribution in [2.75, 3.05) is 25.5 Å². The monoisotopic (exact) mass is 330 g/mol. The van der Waals surface area contributed by atoms with Gasteiger partial charge >= 0.3 is 0 Å². The van der Waals surface area contributed by atoms with Gasteiger partial charge in [0, 0.05) is 18.6 Å². The van der Waals surface area contributed by atoms with Gasteiger partial charge in [0.1, 0.15) is 6.54 Å². The van der Waals surface area contributed by atoms with Crippen LogP contribution < -0.4 is 11.2 Å². The molecule has 7 heteroatoms. The first-order valence-electron chi connectivity index (χ1n) is 7.75. The Morgan fingerprint density at radius 1 is 1.45 bits per heavy atom. The largest absolute Gasteiger partial charge is 0.330 e. The summed E-state index contributed by atoms with van der Waals surface area (Å²) in [4.78, 5) is 25.8. The van der Waals surface area contributed by atoms with Crippen molar-refractivity contribution in [3.8, 4) is 0 Å². The molecule has 1 aliphatic rings. The summed E-state index contributed by atoms with van der Waals surface area (Å²) < 4.78 is 0. The van der Waals surface area contributed by atoms with Crippen LogP contribution in [0.3, 0.4) is 0 Å². The van der Waals surface area contributed by atoms with Gasteiger partial charge in [0.15, 0.2) is 0 Å². The van der Waals surface area contributed by atoms with E-state index in [-0.39, 0.29) is 24.3 Å². The van der Waals surface area contributed by atoms with Crippen molar-refractivity contribution in [3.05, 3.63) is 11.8 Å². The maximum absolute atomic E-state index is 12.2. The van der Waals surface area contributed by atoms with E-state index in [1.54, 1.807) is 0 Å². The van der Waals surface area contributed by atoms with Gasteiger partial charge in [0.2, 0.25) is 5.91 Å². The number of amides is 2. The number of allylic oxidation sites excluding steroid dienone is 1. The molecule has 0 unspecified atom stereocenters. The Labute approximate surface area is 137 Å². The second-order valence-electron chi connectivity index (χ2n) is 5.80. The molecule has 0 bridgehead atoms. The second-order valence-corrected chi connectivity index (χ2v) is 6.18. The number of hydrogen-bond acceptors (Lipinski definition) is 4. The molecule has 0 saturated carbocycles. The zero-order valence-corrected chi connectivity index (χ0v) is 14.4. The van der Waals surface area contributed by atoms with E-state index in [4.69, 9.17) is 17.3 Å². The van der Waals surface area contributed by atoms with Crippen LogP contribution in [0.25, 0.3) is 0 Å². The summed E-state index contributed by atoms with van der Waals surface area (Å²) in [6.07, 6.45) is 3.51. The smallest absolute Gasteiger partial charge is 0.260 e. The van der Waals surface area contributed by atoms with Crippen molar-refractivity contribution < 1.29 is 9.59 Å². The lowest BCUT2D eigenvalue weighted by Gasteiger charge is -2.35. The highest BCUT2D eigenvalue weighted by Gasteiger charge is 2.30. The number of carbonyl (C=O) groups excluding carboxylic acids is 2. The van der Waals surface area contributed by atoms with Crippen molar-refractivity contribution >= 4 is 23.4 Å². The maximum Gasteiger partial charge on any atom is 0.260 e. The van der Waals surface area contributed by atoms with Crippen LogP contribution in [0.4, 0.5) is 0 Å². The number of rotatable bonds is 7. The highest BCUT2D eigenvalue weighted by Crippen LogP contribution is 2.09. The molecule has 1 fully saturated rings. The first-order chi connectivity index (χ1) is 10.4. The summed E-state index contributed by atoms with van der Waals surface area (Å²) in [6, 6.07) is -0.553. The zero-order valence-electron chi connectivity index (χ0n) is 13.6. The predicted octanol–water partition coefficient (Wildman–Crippen LogP) is 1.07. The van der Waals surface area contributed by atoms with Crippen molar-refractivity contribution in [2.45, 2.75) is 39.7 Å². The van der Waals surface area contributed by atoms with E-state index in [9.17, 15) is 9.59 Å². The normalized spacial score (nSPS) is 17.9. The molecular weight excluding hydrogens is 304 g/mol. The number of hydrogen-bond donors (Lipinski definition) is 2. The molecule has 0 radical (unpaired) electrons. The van der Waals surface area contributed by atoms with Crippen molar-refractivity contribution in [1.29, 1.82) is 0 Å². The van der Waals surface area contributed by atoms with Crippen LogP contribution in [0.5, 0.6) is 0 Å². The van der Waals surface area contributed by atoms with Crippen LogP contribution in [-0.2, 0) is 9.59 Å². The Bertz CT molecular complexity index is 426. The molecule has 0 aromatic carbocycles. The summed E-state index contributed by atoms with van der Waals surface area (Å²) in [5.74, 6) is 0.331. The molecule has 2 amide bonds. The fraction of sp³-hybridized carbons (Fsp3) is 0.733. The standard InChI is InChI=1S/C15H27ClN4O2/c1-4-12(5-6-16)9-18-20-8-7-19(10-13(20)21)15(22)14(17)11(2)3/h9,11,14,18H,4-8,10,17H2,1-3H3/b12-9-/t14-/m0/s1. The molecule has 1 heterocycles. The summed E-state index contributed by atoms with van der Waals surface area (Å²) in [7, 11) is 0. The summed E-state index contributed by atoms with van der Waals surface area (Å²) in [5, 5.41) is 1.54. The summed E-state index contributed by atoms with van der Waals surface area (Å²) in [5.41, 5.74) is 10.0. The lowest BCUT2D eigenvalue weighted by Crippen LogP contribution is -2.58. The number of halogens is 1. The fourth-order valence-corrected chi connectivity index (χ4v) is 2.38. The molecule has 1 rings (SSSR count). The molecule has 22 heavy (non-hydrogen) atoms. The van der Waals surface area contributed by atoms with E-state index in [0.29, 0.717) is 19.0 Å². The summed E-state index contributed by atoms with van der Waals surface area (Å²) >= 11 is 5.73. The van der Waals surface area contributed by atoms with Crippen LogP contribution in [0.1, 0.15) is 33.6 Å². The third kappa shape index (κ3) is 5.18. The Morgan fingerprint density at radius 3 is 2.64 bits per heavy atom. The number of alkyl halides is 1. The lowest BCUT2D eigenvalue weighted by molar-refractivity contribution is -0.148. The molecule has 1 saturated heterocycles. The van der Waals surface area contributed by atoms with Gasteiger partial charge in [0.25, 0.3) is 5.91 Å². The molecule has 1 aliphatic heterocycles. The summed E-state index contributed by atoms with van der Waals surface area (Å²) in [6.45, 7) is 6.85. The Morgan fingerprint density at radius 2 is 2.14 bits per heavy atom. The van der Waals surface area contributed by atoms with Gasteiger partial charge in [-0.3, -0.25) is 14.6 Å². The molecule has 1 atom stereocenters. The van der Waals surface area contributed by atoms with Crippen LogP contribution in [0.2, 0.25) is 0 Å². The molecule has 0 aromatic rings. The van der Waals surface area contributed by atoms with Crippen LogP contribution in [0, 0.1) is 5.92 Å². The Hall–Kier alpha value is -1.27. The van der Waals surface area contributed by atoms with E-state index in [2.05, 4.69) is 5.43 Å². The van der Waals surface area contributed by atoms with Crippen molar-refractivity contribution in [3.63, 3.8) is 0 Å². The van der Waals surface area contributed by atoms with E-state index >= 15 is 0 Å². The van der Waals surface area contributed by atoms with E-state index in [1.807, 2.05) is 27.0 Å². The number of nitrogens with two attached hydrogens (primary N) is 1. The maximum atomic E-state index is 12.2. The highest BCUT2D eigenvalue weighted by atomic mass is 35.5. The number of hydrazine groups is 1. The van der Waals surface area contributed by atoms with Crippen LogP contribution in [0.15, 0.2) is 11.8 Å². The minimum absolute atomic E-state index is 0.0596. The van der Waals surface area contributed by atoms with Crippen molar-refractivity contribution in [2.24, 2.45) is 11.7 Å². The number of nitrogens with zero attached hydrogens (tertiary/aromatic N) is 2. The minimum atomic E-state index is -0.553. The fourth-order valence-electron chi connectivity index (χ4n) is 2.14. The van der Waals surface area contributed by atoms with Gasteiger partial charge in [-0.15, -0.1) is 11.6 Å². The lowest BCUT2D eigenvalue weighted by atomic mass is 10.0. The average Bonchev–Trinajstić information content (AvgIpc) is 2.50. The third-order valence-electron chi connectivity index (χ3n) is 3.83. The Kier molecular flexibility index (Phi) is 7.68. The minimum Gasteiger partial charge on any atom is -0.330 e. The topological polar surface area (TPSA) is 78.7 Å². The van der Waals surface area contributed by atoms with E-state index in [0.717, 1.165) is 18.4 Å². The average molecular weight is 331 g/mol. The van der Waals surface area contributed by atoms with Gasteiger partial charge in [-0.25, -0.2) is 0 Å². The van der Waals surface area contributed by atoms with Gasteiger partial charge < -0.3 is 16.1 Å². The predicted molar refractivity (Wildman–Crippen MR) is 88.0 cm³/mol. The third-order valence-corrected chi connectivity index (χ3v) is 4.02. The first kappa shape index (κ1) is 18.8. The number of nitrogens with one attached hydrogen (secondary N) is 1. The van der Waals surface area contributed by atoms with E-state index in [1.165, 1.54) is 9.91 Å². The van der Waals surface area contributed by atoms with Crippen molar-refractivity contribution in [1.82, 2.24) is 15.3 Å². The Balaban J connectivity index is 2.56. The zero-order chi connectivity index (χ0) is 16.7. The van der Waals surface area contributed by atoms with Gasteiger partial charge in [0.05, 0.1) is 12.6 Å². The highest BCUT2D eigenvalue weighted by molar-refractivity contribution is 6.18. The number of piperazine rings is 1. The molecule has 0 aliphatic carbocycles. The molecule has 3 N–H and O–H groups in total. The molecule has 126 valence electrons. The second kappa shape index (κ2) is 9.00. The van der Waals surface area contributed by atoms with Crippen LogP contribution >= 0.6 is 11.6 Å². The molecule has 0 aromatic heterocycles. The van der Waals surface area contributed by atoms with Gasteiger partial charge in [-0.05, 0) is 18.8 Å². The van der Waals surface area contributed by atoms with E-state index < -0.39 is 6.04 Å². The van der Waals surface area contributed by atoms with Gasteiger partial charge in [-0.1, -0.05) is 26.3 Å². The quantitative estimate of drug-likeness (QED) is 0.684. The van der Waals surface area contributed by atoms with Gasteiger partial charge in [-0.2, -0.15) is 0 Å². The molecule has 0 spiro atoms. The number of carbonyl (C=O) groups is 2. The first-order valence-corrected chi connectivity index (χ1v) is 8.28. The molecule has 6 nitrogen and oxygen atoms in total. The SMILES string of the molecule is CC/C(=C/NN1CCN(C(=O)[C@@H](N)C(C)C)CC1=O)CCCl. The van der Waals surface area contributed by atoms with Crippen LogP contribution in [-0.4, -0.2) is 53.3 Å². The molecular formula is C15H27ClN4O2.